The molecule has 1 saturated carbocycles. The lowest BCUT2D eigenvalue weighted by Crippen LogP contribution is -2.52. The number of carboxylic acids is 1. The van der Waals surface area contributed by atoms with Crippen molar-refractivity contribution in [2.75, 3.05) is 26.2 Å². The number of carbonyl (C=O) groups is 1. The van der Waals surface area contributed by atoms with E-state index in [9.17, 15) is 4.79 Å². The summed E-state index contributed by atoms with van der Waals surface area (Å²) in [6, 6.07) is 4.36. The zero-order chi connectivity index (χ0) is 16.1. The molecule has 0 unspecified atom stereocenters. The normalized spacial score (nSPS) is 26.8. The highest BCUT2D eigenvalue weighted by Crippen LogP contribution is 2.30. The van der Waals surface area contributed by atoms with Gasteiger partial charge in [-0.3, -0.25) is 14.7 Å². The first-order chi connectivity index (χ1) is 11.2. The zero-order valence-electron chi connectivity index (χ0n) is 13.4. The van der Waals surface area contributed by atoms with Crippen LogP contribution in [0.3, 0.4) is 0 Å². The molecule has 6 nitrogen and oxygen atoms in total. The Hall–Kier alpha value is -1.66. The molecule has 0 spiro atoms. The van der Waals surface area contributed by atoms with Crippen molar-refractivity contribution < 1.29 is 14.7 Å². The zero-order valence-corrected chi connectivity index (χ0v) is 13.4. The fraction of sp³-hybridized carbons (Fsp3) is 0.647. The lowest BCUT2D eigenvalue weighted by Gasteiger charge is -2.41. The summed E-state index contributed by atoms with van der Waals surface area (Å²) >= 11 is 0. The second-order valence-corrected chi connectivity index (χ2v) is 6.51. The van der Waals surface area contributed by atoms with Crippen LogP contribution in [0.2, 0.25) is 0 Å². The van der Waals surface area contributed by atoms with Crippen molar-refractivity contribution in [2.45, 2.75) is 38.1 Å². The van der Waals surface area contributed by atoms with Gasteiger partial charge in [0.2, 0.25) is 0 Å². The number of pyridine rings is 1. The number of nitrogens with zero attached hydrogens (tertiary/aromatic N) is 3. The van der Waals surface area contributed by atoms with Crippen LogP contribution in [0.4, 0.5) is 0 Å². The van der Waals surface area contributed by atoms with Crippen LogP contribution in [0.15, 0.2) is 24.5 Å². The quantitative estimate of drug-likeness (QED) is 0.896. The molecule has 126 valence electrons. The highest BCUT2D eigenvalue weighted by Gasteiger charge is 2.29. The molecule has 0 atom stereocenters. The summed E-state index contributed by atoms with van der Waals surface area (Å²) in [5, 5.41) is 10.9. The van der Waals surface area contributed by atoms with Gasteiger partial charge in [-0.25, -0.2) is 0 Å². The van der Waals surface area contributed by atoms with E-state index in [1.54, 1.807) is 12.4 Å². The Morgan fingerprint density at radius 1 is 1.13 bits per heavy atom. The molecule has 1 saturated heterocycles. The van der Waals surface area contributed by atoms with Crippen molar-refractivity contribution in [1.29, 1.82) is 0 Å². The molecule has 0 amide bonds. The van der Waals surface area contributed by atoms with E-state index in [0.29, 0.717) is 18.4 Å². The predicted molar refractivity (Wildman–Crippen MR) is 86.0 cm³/mol. The van der Waals surface area contributed by atoms with E-state index in [-0.39, 0.29) is 0 Å². The molecule has 1 aromatic rings. The van der Waals surface area contributed by atoms with Gasteiger partial charge in [-0.2, -0.15) is 0 Å². The Morgan fingerprint density at radius 3 is 2.39 bits per heavy atom. The number of carboxylic acid groups (broad SMARTS) is 1. The maximum Gasteiger partial charge on any atom is 0.303 e. The van der Waals surface area contributed by atoms with Crippen molar-refractivity contribution in [1.82, 2.24) is 14.9 Å². The van der Waals surface area contributed by atoms with E-state index < -0.39 is 5.97 Å². The Bertz CT molecular complexity index is 495. The number of hydrogen-bond donors (Lipinski definition) is 1. The van der Waals surface area contributed by atoms with Crippen molar-refractivity contribution in [3.63, 3.8) is 0 Å². The second-order valence-electron chi connectivity index (χ2n) is 6.51. The first kappa shape index (κ1) is 16.2. The molecule has 2 heterocycles. The van der Waals surface area contributed by atoms with Gasteiger partial charge in [-0.1, -0.05) is 0 Å². The van der Waals surface area contributed by atoms with Crippen LogP contribution >= 0.6 is 0 Å². The molecule has 0 aromatic carbocycles. The average Bonchev–Trinajstić information content (AvgIpc) is 2.57. The van der Waals surface area contributed by atoms with Gasteiger partial charge in [0.1, 0.15) is 0 Å². The SMILES string of the molecule is O=C(O)CC1CCC(N2CCN(Oc3ccncc3)CC2)CC1. The van der Waals surface area contributed by atoms with Gasteiger partial charge in [0, 0.05) is 63.2 Å². The van der Waals surface area contributed by atoms with E-state index in [4.69, 9.17) is 9.94 Å². The third-order valence-corrected chi connectivity index (χ3v) is 4.95. The number of piperazine rings is 1. The van der Waals surface area contributed by atoms with Crippen molar-refractivity contribution in [3.8, 4) is 5.75 Å². The molecule has 6 heteroatoms. The second kappa shape index (κ2) is 7.75. The number of hydroxylamine groups is 2. The maximum atomic E-state index is 10.8. The third kappa shape index (κ3) is 4.65. The van der Waals surface area contributed by atoms with Crippen molar-refractivity contribution in [2.24, 2.45) is 5.92 Å². The smallest absolute Gasteiger partial charge is 0.303 e. The molecule has 0 radical (unpaired) electrons. The van der Waals surface area contributed by atoms with Gasteiger partial charge < -0.3 is 9.94 Å². The fourth-order valence-electron chi connectivity index (χ4n) is 3.67. The average molecular weight is 319 g/mol. The van der Waals surface area contributed by atoms with E-state index in [2.05, 4.69) is 9.88 Å². The van der Waals surface area contributed by atoms with Crippen molar-refractivity contribution in [3.05, 3.63) is 24.5 Å². The van der Waals surface area contributed by atoms with Gasteiger partial charge in [0.15, 0.2) is 5.75 Å². The third-order valence-electron chi connectivity index (χ3n) is 4.95. The molecule has 2 fully saturated rings. The summed E-state index contributed by atoms with van der Waals surface area (Å²) in [7, 11) is 0. The van der Waals surface area contributed by atoms with Gasteiger partial charge in [-0.15, -0.1) is 5.06 Å². The summed E-state index contributed by atoms with van der Waals surface area (Å²) in [6.45, 7) is 3.83. The summed E-state index contributed by atoms with van der Waals surface area (Å²) in [6.07, 6.45) is 8.16. The molecular weight excluding hydrogens is 294 g/mol. The monoisotopic (exact) mass is 319 g/mol. The number of hydrogen-bond acceptors (Lipinski definition) is 5. The molecule has 1 N–H and O–H groups in total. The highest BCUT2D eigenvalue weighted by atomic mass is 16.7. The Labute approximate surface area is 137 Å². The van der Waals surface area contributed by atoms with Crippen LogP contribution < -0.4 is 4.84 Å². The molecular formula is C17H25N3O3. The van der Waals surface area contributed by atoms with Crippen LogP contribution in [0.25, 0.3) is 0 Å². The fourth-order valence-corrected chi connectivity index (χ4v) is 3.67. The molecule has 0 bridgehead atoms. The minimum atomic E-state index is -0.657. The van der Waals surface area contributed by atoms with Crippen LogP contribution in [0.1, 0.15) is 32.1 Å². The Balaban J connectivity index is 1.40. The minimum Gasteiger partial charge on any atom is -0.481 e. The standard InChI is InChI=1S/C17H25N3O3/c21-17(22)13-14-1-3-15(4-2-14)19-9-11-20(12-10-19)23-16-5-7-18-8-6-16/h5-8,14-15H,1-4,9-13H2,(H,21,22). The Morgan fingerprint density at radius 2 is 1.78 bits per heavy atom. The number of aliphatic carboxylic acids is 1. The van der Waals surface area contributed by atoms with Gasteiger partial charge in [0.05, 0.1) is 0 Å². The van der Waals surface area contributed by atoms with E-state index in [0.717, 1.165) is 57.6 Å². The first-order valence-electron chi connectivity index (χ1n) is 8.49. The Kier molecular flexibility index (Phi) is 5.46. The summed E-state index contributed by atoms with van der Waals surface area (Å²) in [5.74, 6) is 0.554. The van der Waals surface area contributed by atoms with Gasteiger partial charge in [0.25, 0.3) is 0 Å². The molecule has 1 aliphatic carbocycles. The van der Waals surface area contributed by atoms with Crippen LogP contribution in [0.5, 0.6) is 5.75 Å². The summed E-state index contributed by atoms with van der Waals surface area (Å²) in [5.41, 5.74) is 0. The minimum absolute atomic E-state index is 0.334. The molecule has 1 aliphatic heterocycles. The van der Waals surface area contributed by atoms with Crippen LogP contribution in [-0.4, -0.2) is 58.2 Å². The lowest BCUT2D eigenvalue weighted by atomic mass is 9.83. The van der Waals surface area contributed by atoms with E-state index >= 15 is 0 Å². The molecule has 3 rings (SSSR count). The van der Waals surface area contributed by atoms with Gasteiger partial charge >= 0.3 is 5.97 Å². The summed E-state index contributed by atoms with van der Waals surface area (Å²) < 4.78 is 0. The molecule has 2 aliphatic rings. The molecule has 1 aromatic heterocycles. The number of aromatic nitrogens is 1. The van der Waals surface area contributed by atoms with E-state index in [1.165, 1.54) is 0 Å². The van der Waals surface area contributed by atoms with Crippen LogP contribution in [-0.2, 0) is 4.79 Å². The van der Waals surface area contributed by atoms with Crippen molar-refractivity contribution >= 4 is 5.97 Å². The number of rotatable bonds is 5. The maximum absolute atomic E-state index is 10.8. The molecule has 23 heavy (non-hydrogen) atoms. The lowest BCUT2D eigenvalue weighted by molar-refractivity contribution is -0.138. The van der Waals surface area contributed by atoms with Gasteiger partial charge in [-0.05, 0) is 31.6 Å². The van der Waals surface area contributed by atoms with Crippen LogP contribution in [0, 0.1) is 5.92 Å². The van der Waals surface area contributed by atoms with E-state index in [1.807, 2.05) is 17.2 Å². The topological polar surface area (TPSA) is 65.9 Å². The largest absolute Gasteiger partial charge is 0.481 e. The predicted octanol–water partition coefficient (Wildman–Crippen LogP) is 2.03. The summed E-state index contributed by atoms with van der Waals surface area (Å²) in [4.78, 5) is 23.2. The highest BCUT2D eigenvalue weighted by molar-refractivity contribution is 5.67. The first-order valence-corrected chi connectivity index (χ1v) is 8.49.